The molecule has 0 saturated carbocycles. The van der Waals surface area contributed by atoms with E-state index in [0.29, 0.717) is 6.61 Å². The number of rotatable bonds is 7. The Morgan fingerprint density at radius 3 is 2.38 bits per heavy atom. The average molecular weight is 475 g/mol. The molecule has 0 bridgehead atoms. The maximum absolute atomic E-state index is 6.46. The van der Waals surface area contributed by atoms with Crippen molar-refractivity contribution in [1.82, 2.24) is 19.7 Å². The van der Waals surface area contributed by atoms with Gasteiger partial charge in [0.2, 0.25) is 0 Å². The fourth-order valence-corrected chi connectivity index (χ4v) is 4.57. The summed E-state index contributed by atoms with van der Waals surface area (Å²) in [7, 11) is 1.78. The minimum absolute atomic E-state index is 0.176. The van der Waals surface area contributed by atoms with E-state index < -0.39 is 8.32 Å². The van der Waals surface area contributed by atoms with Gasteiger partial charge in [0.25, 0.3) is 0 Å². The van der Waals surface area contributed by atoms with Crippen LogP contribution in [0.15, 0.2) is 55.0 Å². The molecule has 178 valence electrons. The van der Waals surface area contributed by atoms with Crippen LogP contribution in [-0.2, 0) is 24.5 Å². The summed E-state index contributed by atoms with van der Waals surface area (Å²) in [6.45, 7) is 11.9. The molecule has 0 aliphatic rings. The Morgan fingerprint density at radius 2 is 1.71 bits per heavy atom. The normalized spacial score (nSPS) is 12.3. The second-order valence-electron chi connectivity index (χ2n) is 10.4. The summed E-state index contributed by atoms with van der Waals surface area (Å²) in [5.41, 5.74) is 7.04. The molecule has 2 heterocycles. The third-order valence-corrected chi connectivity index (χ3v) is 11.2. The van der Waals surface area contributed by atoms with Crippen molar-refractivity contribution >= 4 is 19.4 Å². The highest BCUT2D eigenvalue weighted by Gasteiger charge is 2.37. The van der Waals surface area contributed by atoms with Crippen LogP contribution in [-0.4, -0.2) is 35.2 Å². The SMILES string of the molecule is COc1cc(CO[Si](C)(C)C(C)(C)C)cc(Cc2ccc3ncc(-c4cnn(C)c4)nc3c2)c1. The second-order valence-corrected chi connectivity index (χ2v) is 15.2. The third-order valence-electron chi connectivity index (χ3n) is 6.68. The minimum atomic E-state index is -1.83. The molecule has 0 unspecified atom stereocenters. The summed E-state index contributed by atoms with van der Waals surface area (Å²) in [6, 6.07) is 12.7. The quantitative estimate of drug-likeness (QED) is 0.301. The van der Waals surface area contributed by atoms with E-state index in [1.165, 1.54) is 11.1 Å². The molecule has 0 saturated heterocycles. The molecule has 0 spiro atoms. The number of hydrogen-bond donors (Lipinski definition) is 0. The van der Waals surface area contributed by atoms with Crippen LogP contribution in [0.5, 0.6) is 5.75 Å². The highest BCUT2D eigenvalue weighted by Crippen LogP contribution is 2.37. The Balaban J connectivity index is 1.58. The van der Waals surface area contributed by atoms with Gasteiger partial charge >= 0.3 is 0 Å². The Hall–Kier alpha value is -3.03. The zero-order valence-electron chi connectivity index (χ0n) is 21.2. The van der Waals surface area contributed by atoms with Gasteiger partial charge in [-0.2, -0.15) is 5.10 Å². The van der Waals surface area contributed by atoms with Crippen LogP contribution in [0.3, 0.4) is 0 Å². The number of ether oxygens (including phenoxy) is 1. The summed E-state index contributed by atoms with van der Waals surface area (Å²) in [5, 5.41) is 4.42. The molecule has 6 nitrogen and oxygen atoms in total. The molecule has 4 rings (SSSR count). The summed E-state index contributed by atoms with van der Waals surface area (Å²) in [5.74, 6) is 0.853. The minimum Gasteiger partial charge on any atom is -0.497 e. The van der Waals surface area contributed by atoms with E-state index in [0.717, 1.165) is 40.0 Å². The molecule has 0 atom stereocenters. The molecule has 2 aromatic carbocycles. The first kappa shape index (κ1) is 24.1. The van der Waals surface area contributed by atoms with Crippen LogP contribution >= 0.6 is 0 Å². The first-order valence-electron chi connectivity index (χ1n) is 11.6. The molecule has 0 N–H and O–H groups in total. The van der Waals surface area contributed by atoms with Gasteiger partial charge in [-0.05, 0) is 65.5 Å². The van der Waals surface area contributed by atoms with E-state index in [2.05, 4.69) is 74.3 Å². The first-order valence-corrected chi connectivity index (χ1v) is 14.5. The molecule has 0 aliphatic carbocycles. The Morgan fingerprint density at radius 1 is 0.941 bits per heavy atom. The molecule has 4 aromatic rings. The van der Waals surface area contributed by atoms with E-state index in [1.54, 1.807) is 18.0 Å². The van der Waals surface area contributed by atoms with Crippen LogP contribution in [0.4, 0.5) is 0 Å². The van der Waals surface area contributed by atoms with Crippen molar-refractivity contribution in [3.8, 4) is 17.0 Å². The molecular weight excluding hydrogens is 440 g/mol. The Bertz CT molecular complexity index is 1310. The summed E-state index contributed by atoms with van der Waals surface area (Å²) >= 11 is 0. The largest absolute Gasteiger partial charge is 0.497 e. The average Bonchev–Trinajstić information content (AvgIpc) is 3.22. The van der Waals surface area contributed by atoms with Crippen molar-refractivity contribution in [3.63, 3.8) is 0 Å². The maximum atomic E-state index is 6.46. The standard InChI is InChI=1S/C27H34N4O2Si/c1-27(2,3)34(6,7)33-18-21-11-20(12-23(13-21)32-5)10-19-8-9-24-25(14-19)30-26(16-28-24)22-15-29-31(4)17-22/h8-9,11-17H,10,18H2,1-7H3. The van der Waals surface area contributed by atoms with Gasteiger partial charge in [-0.1, -0.05) is 32.9 Å². The van der Waals surface area contributed by atoms with Gasteiger partial charge in [-0.25, -0.2) is 4.98 Å². The topological polar surface area (TPSA) is 62.1 Å². The fraction of sp³-hybridized carbons (Fsp3) is 0.370. The molecule has 7 heteroatoms. The molecular formula is C27H34N4O2Si. The first-order chi connectivity index (χ1) is 16.0. The molecule has 0 amide bonds. The van der Waals surface area contributed by atoms with E-state index in [4.69, 9.17) is 14.1 Å². The third kappa shape index (κ3) is 5.37. The number of benzene rings is 2. The highest BCUT2D eigenvalue weighted by molar-refractivity contribution is 6.74. The van der Waals surface area contributed by atoms with E-state index >= 15 is 0 Å². The van der Waals surface area contributed by atoms with Crippen LogP contribution < -0.4 is 4.74 Å². The van der Waals surface area contributed by atoms with Crippen molar-refractivity contribution in [2.75, 3.05) is 7.11 Å². The molecule has 34 heavy (non-hydrogen) atoms. The van der Waals surface area contributed by atoms with Crippen molar-refractivity contribution in [1.29, 1.82) is 0 Å². The zero-order valence-corrected chi connectivity index (χ0v) is 22.2. The Kier molecular flexibility index (Phi) is 6.60. The second kappa shape index (κ2) is 9.31. The van der Waals surface area contributed by atoms with Crippen molar-refractivity contribution in [2.24, 2.45) is 7.05 Å². The molecule has 0 aliphatic heterocycles. The predicted octanol–water partition coefficient (Wildman–Crippen LogP) is 6.15. The summed E-state index contributed by atoms with van der Waals surface area (Å²) in [6.07, 6.45) is 6.33. The molecule has 2 aromatic heterocycles. The van der Waals surface area contributed by atoms with Gasteiger partial charge in [-0.3, -0.25) is 9.67 Å². The van der Waals surface area contributed by atoms with Crippen molar-refractivity contribution < 1.29 is 9.16 Å². The van der Waals surface area contributed by atoms with Gasteiger partial charge in [-0.15, -0.1) is 0 Å². The summed E-state index contributed by atoms with van der Waals surface area (Å²) < 4.78 is 13.8. The van der Waals surface area contributed by atoms with Crippen LogP contribution in [0.1, 0.15) is 37.5 Å². The smallest absolute Gasteiger partial charge is 0.192 e. The summed E-state index contributed by atoms with van der Waals surface area (Å²) in [4.78, 5) is 9.43. The van der Waals surface area contributed by atoms with Crippen molar-refractivity contribution in [2.45, 2.75) is 51.9 Å². The fourth-order valence-electron chi connectivity index (χ4n) is 3.61. The number of nitrogens with zero attached hydrogens (tertiary/aromatic N) is 4. The van der Waals surface area contributed by atoms with Crippen LogP contribution in [0, 0.1) is 0 Å². The number of aromatic nitrogens is 4. The lowest BCUT2D eigenvalue weighted by Crippen LogP contribution is -2.40. The highest BCUT2D eigenvalue weighted by atomic mass is 28.4. The number of methoxy groups -OCH3 is 1. The van der Waals surface area contributed by atoms with Gasteiger partial charge in [0.1, 0.15) is 5.75 Å². The molecule has 0 fully saturated rings. The van der Waals surface area contributed by atoms with E-state index in [1.807, 2.05) is 25.5 Å². The number of hydrogen-bond acceptors (Lipinski definition) is 5. The van der Waals surface area contributed by atoms with Gasteiger partial charge in [0, 0.05) is 18.8 Å². The number of fused-ring (bicyclic) bond motifs is 1. The van der Waals surface area contributed by atoms with E-state index in [-0.39, 0.29) is 5.04 Å². The predicted molar refractivity (Wildman–Crippen MR) is 140 cm³/mol. The monoisotopic (exact) mass is 474 g/mol. The maximum Gasteiger partial charge on any atom is 0.192 e. The van der Waals surface area contributed by atoms with Gasteiger partial charge < -0.3 is 9.16 Å². The van der Waals surface area contributed by atoms with Gasteiger partial charge in [0.05, 0.1) is 42.8 Å². The number of aryl methyl sites for hydroxylation is 1. The Labute approximate surface area is 203 Å². The lowest BCUT2D eigenvalue weighted by molar-refractivity contribution is 0.275. The lowest BCUT2D eigenvalue weighted by Gasteiger charge is -2.36. The van der Waals surface area contributed by atoms with Gasteiger partial charge in [0.15, 0.2) is 8.32 Å². The zero-order chi connectivity index (χ0) is 24.5. The molecule has 0 radical (unpaired) electrons. The van der Waals surface area contributed by atoms with Crippen molar-refractivity contribution in [3.05, 3.63) is 71.7 Å². The lowest BCUT2D eigenvalue weighted by atomic mass is 10.0. The van der Waals surface area contributed by atoms with E-state index in [9.17, 15) is 0 Å². The van der Waals surface area contributed by atoms with Crippen LogP contribution in [0.25, 0.3) is 22.3 Å². The van der Waals surface area contributed by atoms with Crippen LogP contribution in [0.2, 0.25) is 18.1 Å².